The van der Waals surface area contributed by atoms with Gasteiger partial charge in [0.05, 0.1) is 0 Å². The Hall–Kier alpha value is -1.18. The predicted octanol–water partition coefficient (Wildman–Crippen LogP) is 4.51. The van der Waals surface area contributed by atoms with Crippen molar-refractivity contribution in [2.45, 2.75) is 53.9 Å². The van der Waals surface area contributed by atoms with E-state index in [2.05, 4.69) is 18.8 Å². The second-order valence-corrected chi connectivity index (χ2v) is 2.99. The van der Waals surface area contributed by atoms with Crippen LogP contribution in [0.25, 0.3) is 0 Å². The van der Waals surface area contributed by atoms with E-state index >= 15 is 0 Å². The highest BCUT2D eigenvalue weighted by Crippen LogP contribution is 1.96. The number of pyridine rings is 1. The Labute approximate surface area is 100 Å². The first-order chi connectivity index (χ1) is 7.76. The smallest absolute Gasteiger partial charge is 0.180 e. The third kappa shape index (κ3) is 9.38. The third-order valence-electron chi connectivity index (χ3n) is 1.77. The summed E-state index contributed by atoms with van der Waals surface area (Å²) in [4.78, 5) is 14.9. The molecule has 0 bridgehead atoms. The Kier molecular flexibility index (Phi) is 14.9. The molecule has 1 rings (SSSR count). The van der Waals surface area contributed by atoms with Crippen LogP contribution in [0.1, 0.15) is 64.4 Å². The summed E-state index contributed by atoms with van der Waals surface area (Å²) in [6.45, 7) is 10.2. The van der Waals surface area contributed by atoms with Crippen LogP contribution in [0.5, 0.6) is 0 Å². The van der Waals surface area contributed by atoms with E-state index < -0.39 is 0 Å². The Morgan fingerprint density at radius 1 is 1.12 bits per heavy atom. The number of ketones is 1. The molecule has 2 heteroatoms. The van der Waals surface area contributed by atoms with E-state index in [1.54, 1.807) is 18.3 Å². The number of nitrogens with zero attached hydrogens (tertiary/aromatic N) is 1. The molecule has 0 aromatic carbocycles. The van der Waals surface area contributed by atoms with Crippen molar-refractivity contribution in [2.24, 2.45) is 0 Å². The zero-order chi connectivity index (χ0) is 12.8. The second kappa shape index (κ2) is 13.8. The van der Waals surface area contributed by atoms with E-state index in [-0.39, 0.29) is 5.78 Å². The summed E-state index contributed by atoms with van der Waals surface area (Å²) in [6, 6.07) is 5.34. The lowest BCUT2D eigenvalue weighted by molar-refractivity contribution is 0.0983. The third-order valence-corrected chi connectivity index (χ3v) is 1.77. The summed E-state index contributed by atoms with van der Waals surface area (Å²) in [5, 5.41) is 0. The molecule has 2 nitrogen and oxygen atoms in total. The van der Waals surface area contributed by atoms with Crippen LogP contribution in [-0.2, 0) is 0 Å². The van der Waals surface area contributed by atoms with Crippen molar-refractivity contribution < 1.29 is 4.79 Å². The number of carbonyl (C=O) groups is 1. The summed E-state index contributed by atoms with van der Waals surface area (Å²) in [6.07, 6.45) is 4.79. The second-order valence-electron chi connectivity index (χ2n) is 2.99. The Morgan fingerprint density at radius 2 is 1.69 bits per heavy atom. The van der Waals surface area contributed by atoms with Crippen LogP contribution in [0.3, 0.4) is 0 Å². The maximum absolute atomic E-state index is 11.0. The quantitative estimate of drug-likeness (QED) is 0.706. The van der Waals surface area contributed by atoms with Gasteiger partial charge in [0, 0.05) is 12.6 Å². The van der Waals surface area contributed by atoms with Gasteiger partial charge in [0.1, 0.15) is 5.69 Å². The number of Topliss-reactive ketones (excluding diaryl/α,β-unsaturated/α-hetero) is 1. The van der Waals surface area contributed by atoms with Crippen molar-refractivity contribution in [3.8, 4) is 0 Å². The molecular formula is C14H25NO. The number of unbranched alkanes of at least 4 members (excludes halogenated alkanes) is 1. The molecule has 0 N–H and O–H groups in total. The van der Waals surface area contributed by atoms with Crippen molar-refractivity contribution >= 4 is 5.78 Å². The van der Waals surface area contributed by atoms with Gasteiger partial charge in [-0.1, -0.05) is 53.5 Å². The van der Waals surface area contributed by atoms with Gasteiger partial charge < -0.3 is 0 Å². The molecule has 16 heavy (non-hydrogen) atoms. The highest BCUT2D eigenvalue weighted by atomic mass is 16.1. The van der Waals surface area contributed by atoms with Crippen molar-refractivity contribution in [3.05, 3.63) is 30.1 Å². The maximum atomic E-state index is 11.0. The van der Waals surface area contributed by atoms with Crippen molar-refractivity contribution in [1.29, 1.82) is 0 Å². The van der Waals surface area contributed by atoms with Gasteiger partial charge in [-0.3, -0.25) is 9.78 Å². The lowest BCUT2D eigenvalue weighted by atomic mass is 10.2. The summed E-state index contributed by atoms with van der Waals surface area (Å²) >= 11 is 0. The van der Waals surface area contributed by atoms with Crippen LogP contribution in [0.2, 0.25) is 0 Å². The van der Waals surface area contributed by atoms with Gasteiger partial charge in [-0.2, -0.15) is 0 Å². The predicted molar refractivity (Wildman–Crippen MR) is 70.8 cm³/mol. The molecule has 0 radical (unpaired) electrons. The number of hydrogen-bond donors (Lipinski definition) is 0. The van der Waals surface area contributed by atoms with Gasteiger partial charge in [-0.15, -0.1) is 0 Å². The average molecular weight is 223 g/mol. The molecular weight excluding hydrogens is 198 g/mol. The van der Waals surface area contributed by atoms with Gasteiger partial charge in [-0.05, 0) is 12.1 Å². The first kappa shape index (κ1) is 17.2. The fourth-order valence-electron chi connectivity index (χ4n) is 0.709. The molecule has 1 aromatic rings. The Morgan fingerprint density at radius 3 is 2.00 bits per heavy atom. The molecule has 0 amide bonds. The van der Waals surface area contributed by atoms with Crippen LogP contribution in [0.15, 0.2) is 24.4 Å². The number of rotatable bonds is 3. The standard InChI is InChI=1S/C8H9NO.C4H10.C2H6/c1-2-8(10)7-5-3-4-6-9-7;1-3-4-2;1-2/h3-6H,2H2,1H3;3-4H2,1-2H3;1-2H3. The summed E-state index contributed by atoms with van der Waals surface area (Å²) < 4.78 is 0. The number of aromatic nitrogens is 1. The van der Waals surface area contributed by atoms with Crippen molar-refractivity contribution in [1.82, 2.24) is 4.98 Å². The van der Waals surface area contributed by atoms with E-state index in [1.807, 2.05) is 26.8 Å². The highest BCUT2D eigenvalue weighted by molar-refractivity contribution is 5.93. The van der Waals surface area contributed by atoms with Crippen LogP contribution in [0, 0.1) is 0 Å². The molecule has 1 aromatic heterocycles. The molecule has 0 aliphatic carbocycles. The number of hydrogen-bond acceptors (Lipinski definition) is 2. The first-order valence-corrected chi connectivity index (χ1v) is 6.20. The molecule has 0 fully saturated rings. The fourth-order valence-corrected chi connectivity index (χ4v) is 0.709. The summed E-state index contributed by atoms with van der Waals surface area (Å²) in [5.74, 6) is 0.0978. The Bertz CT molecular complexity index is 242. The monoisotopic (exact) mass is 223 g/mol. The lowest BCUT2D eigenvalue weighted by Crippen LogP contribution is -1.98. The zero-order valence-corrected chi connectivity index (χ0v) is 11.3. The maximum Gasteiger partial charge on any atom is 0.180 e. The van der Waals surface area contributed by atoms with Gasteiger partial charge in [0.25, 0.3) is 0 Å². The molecule has 0 aliphatic rings. The molecule has 0 aliphatic heterocycles. The van der Waals surface area contributed by atoms with E-state index in [0.717, 1.165) is 0 Å². The van der Waals surface area contributed by atoms with Gasteiger partial charge in [-0.25, -0.2) is 0 Å². The Balaban J connectivity index is 0. The van der Waals surface area contributed by atoms with Crippen molar-refractivity contribution in [3.63, 3.8) is 0 Å². The minimum Gasteiger partial charge on any atom is -0.292 e. The fraction of sp³-hybridized carbons (Fsp3) is 0.571. The van der Waals surface area contributed by atoms with E-state index in [9.17, 15) is 4.79 Å². The molecule has 92 valence electrons. The largest absolute Gasteiger partial charge is 0.292 e. The van der Waals surface area contributed by atoms with E-state index in [0.29, 0.717) is 12.1 Å². The van der Waals surface area contributed by atoms with Crippen LogP contribution >= 0.6 is 0 Å². The first-order valence-electron chi connectivity index (χ1n) is 6.20. The minimum atomic E-state index is 0.0978. The minimum absolute atomic E-state index is 0.0978. The average Bonchev–Trinajstić information content (AvgIpc) is 2.41. The normalized spacial score (nSPS) is 8.06. The van der Waals surface area contributed by atoms with Crippen LogP contribution in [-0.4, -0.2) is 10.8 Å². The number of carbonyl (C=O) groups excluding carboxylic acids is 1. The van der Waals surface area contributed by atoms with Crippen LogP contribution < -0.4 is 0 Å². The van der Waals surface area contributed by atoms with Gasteiger partial charge in [0.15, 0.2) is 5.78 Å². The van der Waals surface area contributed by atoms with Gasteiger partial charge in [0.2, 0.25) is 0 Å². The van der Waals surface area contributed by atoms with Crippen LogP contribution in [0.4, 0.5) is 0 Å². The van der Waals surface area contributed by atoms with Crippen molar-refractivity contribution in [2.75, 3.05) is 0 Å². The van der Waals surface area contributed by atoms with Gasteiger partial charge >= 0.3 is 0 Å². The zero-order valence-electron chi connectivity index (χ0n) is 11.3. The summed E-state index contributed by atoms with van der Waals surface area (Å²) in [5.41, 5.74) is 0.560. The van der Waals surface area contributed by atoms with E-state index in [1.165, 1.54) is 12.8 Å². The topological polar surface area (TPSA) is 30.0 Å². The molecule has 0 saturated heterocycles. The highest BCUT2D eigenvalue weighted by Gasteiger charge is 2.00. The lowest BCUT2D eigenvalue weighted by Gasteiger charge is -1.92. The molecule has 0 spiro atoms. The SMILES string of the molecule is CC.CCC(=O)c1ccccn1.CCCC. The summed E-state index contributed by atoms with van der Waals surface area (Å²) in [7, 11) is 0. The molecule has 0 saturated carbocycles. The molecule has 0 atom stereocenters. The molecule has 1 heterocycles. The van der Waals surface area contributed by atoms with E-state index in [4.69, 9.17) is 0 Å². The molecule has 0 unspecified atom stereocenters.